The molecule has 0 unspecified atom stereocenters. The highest BCUT2D eigenvalue weighted by Crippen LogP contribution is 2.33. The van der Waals surface area contributed by atoms with Gasteiger partial charge in [-0.25, -0.2) is 4.79 Å². The van der Waals surface area contributed by atoms with Crippen molar-refractivity contribution in [2.45, 2.75) is 0 Å². The Morgan fingerprint density at radius 2 is 2.00 bits per heavy atom. The molecule has 0 radical (unpaired) electrons. The number of ether oxygens (including phenoxy) is 1. The molecule has 1 heterocycles. The lowest BCUT2D eigenvalue weighted by Crippen LogP contribution is -2.15. The molecule has 1 aromatic heterocycles. The van der Waals surface area contributed by atoms with Crippen molar-refractivity contribution in [2.75, 3.05) is 19.1 Å². The maximum Gasteiger partial charge on any atom is 0.337 e. The lowest BCUT2D eigenvalue weighted by atomic mass is 10.2. The number of para-hydroxylation sites is 2. The number of aromatic nitrogens is 1. The predicted molar refractivity (Wildman–Crippen MR) is 72.3 cm³/mol. The minimum Gasteiger partial charge on any atom is -0.495 e. The first-order valence-electron chi connectivity index (χ1n) is 5.69. The van der Waals surface area contributed by atoms with Gasteiger partial charge in [0.2, 0.25) is 0 Å². The van der Waals surface area contributed by atoms with E-state index in [-0.39, 0.29) is 5.56 Å². The van der Waals surface area contributed by atoms with Crippen molar-refractivity contribution in [3.8, 4) is 5.75 Å². The smallest absolute Gasteiger partial charge is 0.337 e. The zero-order valence-electron chi connectivity index (χ0n) is 10.7. The molecule has 1 N–H and O–H groups in total. The number of benzene rings is 1. The normalized spacial score (nSPS) is 10.0. The molecule has 0 amide bonds. The number of rotatable bonds is 4. The van der Waals surface area contributed by atoms with Crippen LogP contribution in [-0.4, -0.2) is 30.2 Å². The van der Waals surface area contributed by atoms with Crippen molar-refractivity contribution in [1.82, 2.24) is 4.98 Å². The third kappa shape index (κ3) is 2.49. The van der Waals surface area contributed by atoms with Gasteiger partial charge in [0.1, 0.15) is 5.75 Å². The van der Waals surface area contributed by atoms with Gasteiger partial charge in [0.15, 0.2) is 0 Å². The number of carboxylic acids is 1. The van der Waals surface area contributed by atoms with Gasteiger partial charge in [-0.15, -0.1) is 0 Å². The number of methoxy groups -OCH3 is 1. The third-order valence-corrected chi connectivity index (χ3v) is 2.84. The Bertz CT molecular complexity index is 599. The van der Waals surface area contributed by atoms with Crippen LogP contribution in [0.1, 0.15) is 10.4 Å². The van der Waals surface area contributed by atoms with Crippen LogP contribution in [0.4, 0.5) is 11.4 Å². The number of hydrogen-bond donors (Lipinski definition) is 1. The minimum absolute atomic E-state index is 0.198. The van der Waals surface area contributed by atoms with Gasteiger partial charge in [-0.05, 0) is 18.2 Å². The highest BCUT2D eigenvalue weighted by molar-refractivity contribution is 5.95. The lowest BCUT2D eigenvalue weighted by Gasteiger charge is -2.22. The van der Waals surface area contributed by atoms with Gasteiger partial charge >= 0.3 is 5.97 Å². The van der Waals surface area contributed by atoms with Crippen LogP contribution in [0.5, 0.6) is 5.75 Å². The highest BCUT2D eigenvalue weighted by Gasteiger charge is 2.16. The summed E-state index contributed by atoms with van der Waals surface area (Å²) in [4.78, 5) is 17.0. The van der Waals surface area contributed by atoms with Crippen molar-refractivity contribution in [3.63, 3.8) is 0 Å². The Morgan fingerprint density at radius 1 is 1.26 bits per heavy atom. The monoisotopic (exact) mass is 258 g/mol. The van der Waals surface area contributed by atoms with Gasteiger partial charge in [-0.2, -0.15) is 0 Å². The van der Waals surface area contributed by atoms with E-state index in [9.17, 15) is 9.90 Å². The Balaban J connectivity index is 2.50. The molecule has 0 saturated carbocycles. The first-order chi connectivity index (χ1) is 9.15. The molecule has 5 nitrogen and oxygen atoms in total. The van der Waals surface area contributed by atoms with Crippen molar-refractivity contribution < 1.29 is 14.6 Å². The average molecular weight is 258 g/mol. The summed E-state index contributed by atoms with van der Waals surface area (Å²) in [5, 5.41) is 9.20. The second-order valence-electron chi connectivity index (χ2n) is 3.93. The summed E-state index contributed by atoms with van der Waals surface area (Å²) in [5.74, 6) is -0.315. The van der Waals surface area contributed by atoms with Gasteiger partial charge in [0, 0.05) is 13.2 Å². The van der Waals surface area contributed by atoms with Gasteiger partial charge in [0.05, 0.1) is 30.2 Å². The molecule has 0 spiro atoms. The molecule has 2 aromatic rings. The Kier molecular flexibility index (Phi) is 3.66. The molecule has 19 heavy (non-hydrogen) atoms. The van der Waals surface area contributed by atoms with E-state index in [0.29, 0.717) is 11.4 Å². The summed E-state index contributed by atoms with van der Waals surface area (Å²) >= 11 is 0. The third-order valence-electron chi connectivity index (χ3n) is 2.84. The topological polar surface area (TPSA) is 62.7 Å². The van der Waals surface area contributed by atoms with E-state index in [1.165, 1.54) is 18.5 Å². The Labute approximate surface area is 111 Å². The first-order valence-corrected chi connectivity index (χ1v) is 5.69. The summed E-state index contributed by atoms with van der Waals surface area (Å²) < 4.78 is 5.28. The number of aromatic carboxylic acids is 1. The number of carboxylic acid groups (broad SMARTS) is 1. The maximum absolute atomic E-state index is 11.2. The molecular weight excluding hydrogens is 244 g/mol. The van der Waals surface area contributed by atoms with E-state index in [1.807, 2.05) is 24.3 Å². The van der Waals surface area contributed by atoms with E-state index in [4.69, 9.17) is 4.74 Å². The minimum atomic E-state index is -0.987. The largest absolute Gasteiger partial charge is 0.495 e. The molecule has 2 rings (SSSR count). The van der Waals surface area contributed by atoms with Crippen LogP contribution >= 0.6 is 0 Å². The Morgan fingerprint density at radius 3 is 2.68 bits per heavy atom. The summed E-state index contributed by atoms with van der Waals surface area (Å²) in [7, 11) is 3.36. The fraction of sp³-hybridized carbons (Fsp3) is 0.143. The van der Waals surface area contributed by atoms with E-state index >= 15 is 0 Å². The molecule has 98 valence electrons. The zero-order chi connectivity index (χ0) is 13.8. The summed E-state index contributed by atoms with van der Waals surface area (Å²) in [6.07, 6.45) is 2.99. The first kappa shape index (κ1) is 12.9. The Hall–Kier alpha value is -2.56. The maximum atomic E-state index is 11.2. The molecule has 0 fully saturated rings. The molecular formula is C14H14N2O3. The number of pyridine rings is 1. The number of anilines is 2. The van der Waals surface area contributed by atoms with Crippen LogP contribution in [0.2, 0.25) is 0 Å². The molecule has 0 aliphatic rings. The standard InChI is InChI=1S/C14H14N2O3/c1-16(11-5-3-4-6-13(11)19-2)12-9-15-8-7-10(12)14(17)18/h3-9H,1-2H3,(H,17,18). The van der Waals surface area contributed by atoms with E-state index < -0.39 is 5.97 Å². The number of carbonyl (C=O) groups is 1. The summed E-state index contributed by atoms with van der Waals surface area (Å²) in [6, 6.07) is 8.88. The number of nitrogens with zero attached hydrogens (tertiary/aromatic N) is 2. The van der Waals surface area contributed by atoms with E-state index in [1.54, 1.807) is 19.1 Å². The van der Waals surface area contributed by atoms with Crippen LogP contribution in [-0.2, 0) is 0 Å². The fourth-order valence-electron chi connectivity index (χ4n) is 1.87. The van der Waals surface area contributed by atoms with Gasteiger partial charge in [-0.1, -0.05) is 12.1 Å². The molecule has 0 bridgehead atoms. The predicted octanol–water partition coefficient (Wildman–Crippen LogP) is 2.56. The number of hydrogen-bond acceptors (Lipinski definition) is 4. The molecule has 0 aliphatic heterocycles. The van der Waals surface area contributed by atoms with Crippen molar-refractivity contribution >= 4 is 17.3 Å². The fourth-order valence-corrected chi connectivity index (χ4v) is 1.87. The molecule has 0 aliphatic carbocycles. The van der Waals surface area contributed by atoms with Crippen LogP contribution < -0.4 is 9.64 Å². The second kappa shape index (κ2) is 5.39. The molecule has 5 heteroatoms. The van der Waals surface area contributed by atoms with Gasteiger partial charge < -0.3 is 14.7 Å². The van der Waals surface area contributed by atoms with Crippen LogP contribution in [0.25, 0.3) is 0 Å². The van der Waals surface area contributed by atoms with Crippen LogP contribution in [0, 0.1) is 0 Å². The van der Waals surface area contributed by atoms with Crippen LogP contribution in [0.15, 0.2) is 42.7 Å². The SMILES string of the molecule is COc1ccccc1N(C)c1cnccc1C(=O)O. The van der Waals surface area contributed by atoms with E-state index in [0.717, 1.165) is 5.69 Å². The molecule has 0 atom stereocenters. The summed E-state index contributed by atoms with van der Waals surface area (Å²) in [5.41, 5.74) is 1.49. The van der Waals surface area contributed by atoms with Gasteiger partial charge in [0.25, 0.3) is 0 Å². The van der Waals surface area contributed by atoms with E-state index in [2.05, 4.69) is 4.98 Å². The van der Waals surface area contributed by atoms with Gasteiger partial charge in [-0.3, -0.25) is 4.98 Å². The average Bonchev–Trinajstić information content (AvgIpc) is 2.46. The highest BCUT2D eigenvalue weighted by atomic mass is 16.5. The summed E-state index contributed by atoms with van der Waals surface area (Å²) in [6.45, 7) is 0. The lowest BCUT2D eigenvalue weighted by molar-refractivity contribution is 0.0697. The van der Waals surface area contributed by atoms with Crippen molar-refractivity contribution in [1.29, 1.82) is 0 Å². The molecule has 1 aromatic carbocycles. The van der Waals surface area contributed by atoms with Crippen LogP contribution in [0.3, 0.4) is 0 Å². The molecule has 0 saturated heterocycles. The van der Waals surface area contributed by atoms with Crippen molar-refractivity contribution in [2.24, 2.45) is 0 Å². The zero-order valence-corrected chi connectivity index (χ0v) is 10.7. The second-order valence-corrected chi connectivity index (χ2v) is 3.93. The van der Waals surface area contributed by atoms with Crippen molar-refractivity contribution in [3.05, 3.63) is 48.3 Å². The quantitative estimate of drug-likeness (QED) is 0.913.